The molecule has 0 unspecified atom stereocenters. The summed E-state index contributed by atoms with van der Waals surface area (Å²) in [6.07, 6.45) is 3.71. The van der Waals surface area contributed by atoms with Gasteiger partial charge in [-0.15, -0.1) is 11.6 Å². The fraction of sp³-hybridized carbons (Fsp3) is 1.00. The van der Waals surface area contributed by atoms with Crippen molar-refractivity contribution < 1.29 is 4.74 Å². The topological polar surface area (TPSA) is 9.23 Å². The Hall–Kier alpha value is 0.250. The fourth-order valence-corrected chi connectivity index (χ4v) is 1.32. The molecule has 2 heteroatoms. The van der Waals surface area contributed by atoms with Crippen LogP contribution in [0.15, 0.2) is 0 Å². The summed E-state index contributed by atoms with van der Waals surface area (Å²) in [7, 11) is 0. The first kappa shape index (κ1) is 7.36. The number of ether oxygens (including phenoxy) is 1. The molecule has 1 aliphatic carbocycles. The molecule has 0 aliphatic heterocycles. The highest BCUT2D eigenvalue weighted by molar-refractivity contribution is 6.21. The minimum atomic E-state index is 0.395. The van der Waals surface area contributed by atoms with Crippen molar-refractivity contribution in [3.05, 3.63) is 0 Å². The van der Waals surface area contributed by atoms with Crippen LogP contribution in [0.3, 0.4) is 0 Å². The van der Waals surface area contributed by atoms with E-state index in [4.69, 9.17) is 16.3 Å². The Kier molecular flexibility index (Phi) is 2.80. The zero-order valence-corrected chi connectivity index (χ0v) is 6.53. The number of rotatable bonds is 3. The van der Waals surface area contributed by atoms with Crippen LogP contribution >= 0.6 is 11.6 Å². The Morgan fingerprint density at radius 1 is 1.56 bits per heavy atom. The van der Waals surface area contributed by atoms with E-state index in [1.54, 1.807) is 0 Å². The van der Waals surface area contributed by atoms with Gasteiger partial charge in [0.15, 0.2) is 0 Å². The Bertz CT molecular complexity index is 79.0. The zero-order chi connectivity index (χ0) is 6.69. The number of hydrogen-bond acceptors (Lipinski definition) is 1. The first-order valence-corrected chi connectivity index (χ1v) is 4.02. The molecule has 0 spiro atoms. The number of halogens is 1. The average molecular weight is 149 g/mol. The van der Waals surface area contributed by atoms with Crippen LogP contribution in [0.25, 0.3) is 0 Å². The summed E-state index contributed by atoms with van der Waals surface area (Å²) in [6.45, 7) is 3.02. The Morgan fingerprint density at radius 3 is 2.67 bits per heavy atom. The lowest BCUT2D eigenvalue weighted by Crippen LogP contribution is -2.31. The average Bonchev–Trinajstić information content (AvgIpc) is 1.78. The first-order valence-electron chi connectivity index (χ1n) is 3.58. The molecule has 1 saturated carbocycles. The third kappa shape index (κ3) is 2.15. The van der Waals surface area contributed by atoms with Crippen LogP contribution in [0.2, 0.25) is 0 Å². The Labute approximate surface area is 61.3 Å². The molecule has 54 valence electrons. The zero-order valence-electron chi connectivity index (χ0n) is 5.77. The van der Waals surface area contributed by atoms with E-state index in [0.29, 0.717) is 11.5 Å². The van der Waals surface area contributed by atoms with Crippen LogP contribution in [-0.4, -0.2) is 18.1 Å². The van der Waals surface area contributed by atoms with Crippen LogP contribution in [0.1, 0.15) is 26.2 Å². The van der Waals surface area contributed by atoms with E-state index in [1.165, 1.54) is 0 Å². The molecule has 9 heavy (non-hydrogen) atoms. The lowest BCUT2D eigenvalue weighted by molar-refractivity contribution is 0.00538. The molecule has 0 aromatic rings. The van der Waals surface area contributed by atoms with Gasteiger partial charge in [-0.2, -0.15) is 0 Å². The van der Waals surface area contributed by atoms with Gasteiger partial charge >= 0.3 is 0 Å². The summed E-state index contributed by atoms with van der Waals surface area (Å²) in [6, 6.07) is 0. The molecule has 0 bridgehead atoms. The maximum atomic E-state index is 5.74. The maximum Gasteiger partial charge on any atom is 0.0603 e. The molecule has 0 atom stereocenters. The van der Waals surface area contributed by atoms with E-state index in [2.05, 4.69) is 6.92 Å². The molecule has 1 fully saturated rings. The maximum absolute atomic E-state index is 5.74. The van der Waals surface area contributed by atoms with Crippen molar-refractivity contribution >= 4 is 11.6 Å². The molecule has 0 heterocycles. The lowest BCUT2D eigenvalue weighted by atomic mass is 9.95. The van der Waals surface area contributed by atoms with Gasteiger partial charge in [0.05, 0.1) is 6.10 Å². The lowest BCUT2D eigenvalue weighted by Gasteiger charge is -2.30. The van der Waals surface area contributed by atoms with E-state index < -0.39 is 0 Å². The smallest absolute Gasteiger partial charge is 0.0603 e. The monoisotopic (exact) mass is 148 g/mol. The van der Waals surface area contributed by atoms with Crippen molar-refractivity contribution in [1.29, 1.82) is 0 Å². The van der Waals surface area contributed by atoms with Crippen LogP contribution in [-0.2, 0) is 4.74 Å². The molecule has 0 aromatic carbocycles. The predicted molar refractivity (Wildman–Crippen MR) is 38.9 cm³/mol. The third-order valence-electron chi connectivity index (χ3n) is 1.59. The number of alkyl halides is 1. The summed E-state index contributed by atoms with van der Waals surface area (Å²) in [5.74, 6) is 0. The van der Waals surface area contributed by atoms with Gasteiger partial charge in [-0.1, -0.05) is 6.92 Å². The van der Waals surface area contributed by atoms with Gasteiger partial charge in [0.2, 0.25) is 0 Å². The Balaban J connectivity index is 1.91. The van der Waals surface area contributed by atoms with Gasteiger partial charge in [0, 0.05) is 12.0 Å². The largest absolute Gasteiger partial charge is 0.378 e. The van der Waals surface area contributed by atoms with Gasteiger partial charge < -0.3 is 4.74 Å². The molecule has 1 aliphatic rings. The highest BCUT2D eigenvalue weighted by atomic mass is 35.5. The quantitative estimate of drug-likeness (QED) is 0.558. The Morgan fingerprint density at radius 2 is 2.22 bits per heavy atom. The van der Waals surface area contributed by atoms with Gasteiger partial charge in [-0.3, -0.25) is 0 Å². The predicted octanol–water partition coefficient (Wildman–Crippen LogP) is 2.18. The van der Waals surface area contributed by atoms with Crippen molar-refractivity contribution in [2.24, 2.45) is 0 Å². The van der Waals surface area contributed by atoms with Crippen LogP contribution in [0.5, 0.6) is 0 Å². The van der Waals surface area contributed by atoms with Crippen molar-refractivity contribution in [3.63, 3.8) is 0 Å². The minimum absolute atomic E-state index is 0.395. The molecule has 0 amide bonds. The van der Waals surface area contributed by atoms with E-state index in [1.807, 2.05) is 0 Å². The third-order valence-corrected chi connectivity index (χ3v) is 1.95. The number of hydrogen-bond donors (Lipinski definition) is 0. The molecular formula is C7H13ClO. The van der Waals surface area contributed by atoms with Crippen LogP contribution in [0.4, 0.5) is 0 Å². The summed E-state index contributed by atoms with van der Waals surface area (Å²) in [5.41, 5.74) is 0. The highest BCUT2D eigenvalue weighted by Crippen LogP contribution is 2.27. The van der Waals surface area contributed by atoms with E-state index in [9.17, 15) is 0 Å². The van der Waals surface area contributed by atoms with E-state index >= 15 is 0 Å². The first-order chi connectivity index (χ1) is 4.33. The highest BCUT2D eigenvalue weighted by Gasteiger charge is 2.27. The van der Waals surface area contributed by atoms with Crippen molar-refractivity contribution in [3.8, 4) is 0 Å². The molecule has 1 nitrogen and oxygen atoms in total. The van der Waals surface area contributed by atoms with Crippen LogP contribution in [0, 0.1) is 0 Å². The minimum Gasteiger partial charge on any atom is -0.378 e. The molecular weight excluding hydrogens is 136 g/mol. The summed E-state index contributed by atoms with van der Waals surface area (Å²) in [4.78, 5) is 0. The molecule has 1 rings (SSSR count). The van der Waals surface area contributed by atoms with Gasteiger partial charge in [-0.05, 0) is 19.3 Å². The van der Waals surface area contributed by atoms with Crippen molar-refractivity contribution in [2.75, 3.05) is 6.61 Å². The molecule has 0 N–H and O–H groups in total. The normalized spacial score (nSPS) is 34.0. The fourth-order valence-electron chi connectivity index (χ4n) is 0.922. The molecule has 0 saturated heterocycles. The van der Waals surface area contributed by atoms with Gasteiger partial charge in [-0.25, -0.2) is 0 Å². The van der Waals surface area contributed by atoms with E-state index in [-0.39, 0.29) is 0 Å². The summed E-state index contributed by atoms with van der Waals surface area (Å²) in [5, 5.41) is 0.395. The second-order valence-electron chi connectivity index (χ2n) is 2.56. The van der Waals surface area contributed by atoms with Gasteiger partial charge in [0.25, 0.3) is 0 Å². The standard InChI is InChI=1S/C7H13ClO/c1-2-3-9-7-4-6(8)5-7/h6-7H,2-5H2,1H3. The summed E-state index contributed by atoms with van der Waals surface area (Å²) < 4.78 is 5.41. The molecule has 0 aromatic heterocycles. The second-order valence-corrected chi connectivity index (χ2v) is 3.18. The SMILES string of the molecule is CCCOC1CC(Cl)C1. The van der Waals surface area contributed by atoms with Gasteiger partial charge in [0.1, 0.15) is 0 Å². The van der Waals surface area contributed by atoms with E-state index in [0.717, 1.165) is 25.9 Å². The summed E-state index contributed by atoms with van der Waals surface area (Å²) >= 11 is 5.74. The van der Waals surface area contributed by atoms with Crippen molar-refractivity contribution in [2.45, 2.75) is 37.7 Å². The van der Waals surface area contributed by atoms with Crippen molar-refractivity contribution in [1.82, 2.24) is 0 Å². The second kappa shape index (κ2) is 3.43. The molecule has 0 radical (unpaired) electrons. The van der Waals surface area contributed by atoms with Crippen LogP contribution < -0.4 is 0 Å².